The van der Waals surface area contributed by atoms with Crippen LogP contribution < -0.4 is 10.1 Å². The molecule has 152 valence electrons. The summed E-state index contributed by atoms with van der Waals surface area (Å²) in [5, 5.41) is 6.71. The van der Waals surface area contributed by atoms with E-state index in [0.717, 1.165) is 27.2 Å². The molecule has 31 heavy (non-hydrogen) atoms. The highest BCUT2D eigenvalue weighted by Gasteiger charge is 2.15. The van der Waals surface area contributed by atoms with Gasteiger partial charge in [-0.1, -0.05) is 54.6 Å². The molecule has 0 aliphatic rings. The van der Waals surface area contributed by atoms with Gasteiger partial charge in [0.1, 0.15) is 5.01 Å². The molecule has 0 saturated heterocycles. The van der Waals surface area contributed by atoms with E-state index in [2.05, 4.69) is 17.4 Å². The number of hydrogen-bond acceptors (Lipinski definition) is 5. The fraction of sp³-hybridized carbons (Fsp3) is 0.0400. The van der Waals surface area contributed by atoms with Gasteiger partial charge in [0.15, 0.2) is 17.1 Å². The zero-order valence-electron chi connectivity index (χ0n) is 16.7. The Morgan fingerprint density at radius 3 is 2.55 bits per heavy atom. The van der Waals surface area contributed by atoms with Gasteiger partial charge in [-0.25, -0.2) is 4.98 Å². The third kappa shape index (κ3) is 3.81. The Bertz CT molecular complexity index is 1350. The first-order valence-corrected chi connectivity index (χ1v) is 10.6. The number of carbonyl (C=O) groups excluding carboxylic acids is 1. The number of benzene rings is 3. The van der Waals surface area contributed by atoms with Crippen LogP contribution in [0.2, 0.25) is 0 Å². The molecule has 3 aromatic carbocycles. The van der Waals surface area contributed by atoms with Crippen LogP contribution in [0.3, 0.4) is 0 Å². The minimum absolute atomic E-state index is 0.232. The number of anilines is 1. The number of rotatable bonds is 5. The number of thiazole rings is 1. The Labute approximate surface area is 182 Å². The van der Waals surface area contributed by atoms with Crippen LogP contribution in [0, 0.1) is 0 Å². The van der Waals surface area contributed by atoms with Crippen molar-refractivity contribution in [3.63, 3.8) is 0 Å². The standard InChI is InChI=1S/C25H18N2O3S/c1-29-21-9-5-8-18-14-22(30-23(18)21)24(28)26-19-12-10-16(11-13-19)20-15-31-25(27-20)17-6-3-2-4-7-17/h2-15H,1H3,(H,26,28). The van der Waals surface area contributed by atoms with E-state index in [-0.39, 0.29) is 11.7 Å². The van der Waals surface area contributed by atoms with Crippen molar-refractivity contribution in [2.75, 3.05) is 12.4 Å². The number of para-hydroxylation sites is 1. The second kappa shape index (κ2) is 8.08. The summed E-state index contributed by atoms with van der Waals surface area (Å²) in [6, 6.07) is 25.0. The molecule has 0 saturated carbocycles. The van der Waals surface area contributed by atoms with Crippen molar-refractivity contribution in [1.29, 1.82) is 0 Å². The lowest BCUT2D eigenvalue weighted by atomic mass is 10.1. The van der Waals surface area contributed by atoms with Gasteiger partial charge in [-0.05, 0) is 24.3 Å². The van der Waals surface area contributed by atoms with E-state index in [1.807, 2.05) is 60.0 Å². The molecule has 0 spiro atoms. The molecule has 0 fully saturated rings. The molecular weight excluding hydrogens is 408 g/mol. The zero-order chi connectivity index (χ0) is 21.2. The number of aromatic nitrogens is 1. The van der Waals surface area contributed by atoms with Crippen molar-refractivity contribution < 1.29 is 13.9 Å². The zero-order valence-corrected chi connectivity index (χ0v) is 17.5. The molecule has 2 heterocycles. The second-order valence-electron chi connectivity index (χ2n) is 6.92. The topological polar surface area (TPSA) is 64.4 Å². The molecule has 2 aromatic heterocycles. The lowest BCUT2D eigenvalue weighted by Crippen LogP contribution is -2.10. The van der Waals surface area contributed by atoms with Crippen LogP contribution in [-0.2, 0) is 0 Å². The number of furan rings is 1. The highest BCUT2D eigenvalue weighted by molar-refractivity contribution is 7.13. The van der Waals surface area contributed by atoms with Crippen molar-refractivity contribution in [1.82, 2.24) is 4.98 Å². The Morgan fingerprint density at radius 2 is 1.77 bits per heavy atom. The molecule has 0 radical (unpaired) electrons. The second-order valence-corrected chi connectivity index (χ2v) is 7.78. The van der Waals surface area contributed by atoms with Gasteiger partial charge in [0.25, 0.3) is 5.91 Å². The molecule has 0 bridgehead atoms. The van der Waals surface area contributed by atoms with Gasteiger partial charge in [-0.3, -0.25) is 4.79 Å². The van der Waals surface area contributed by atoms with Crippen LogP contribution in [-0.4, -0.2) is 18.0 Å². The monoisotopic (exact) mass is 426 g/mol. The summed E-state index contributed by atoms with van der Waals surface area (Å²) in [4.78, 5) is 17.4. The van der Waals surface area contributed by atoms with Crippen LogP contribution >= 0.6 is 11.3 Å². The summed E-state index contributed by atoms with van der Waals surface area (Å²) >= 11 is 1.61. The Balaban J connectivity index is 1.33. The van der Waals surface area contributed by atoms with Gasteiger partial charge in [0.05, 0.1) is 12.8 Å². The molecule has 0 unspecified atom stereocenters. The van der Waals surface area contributed by atoms with E-state index in [9.17, 15) is 4.79 Å². The van der Waals surface area contributed by atoms with E-state index < -0.39 is 0 Å². The Hall–Kier alpha value is -3.90. The summed E-state index contributed by atoms with van der Waals surface area (Å²) in [6.45, 7) is 0. The SMILES string of the molecule is COc1cccc2cc(C(=O)Nc3ccc(-c4csc(-c5ccccc5)n4)cc3)oc12. The van der Waals surface area contributed by atoms with Crippen molar-refractivity contribution in [2.45, 2.75) is 0 Å². The fourth-order valence-electron chi connectivity index (χ4n) is 3.35. The average Bonchev–Trinajstić information content (AvgIpc) is 3.48. The molecule has 5 aromatic rings. The van der Waals surface area contributed by atoms with Gasteiger partial charge in [0, 0.05) is 27.6 Å². The van der Waals surface area contributed by atoms with Crippen LogP contribution in [0.5, 0.6) is 5.75 Å². The highest BCUT2D eigenvalue weighted by atomic mass is 32.1. The van der Waals surface area contributed by atoms with E-state index in [4.69, 9.17) is 14.1 Å². The number of hydrogen-bond donors (Lipinski definition) is 1. The molecule has 0 atom stereocenters. The van der Waals surface area contributed by atoms with Crippen molar-refractivity contribution in [2.24, 2.45) is 0 Å². The number of nitrogens with one attached hydrogen (secondary N) is 1. The maximum absolute atomic E-state index is 12.6. The van der Waals surface area contributed by atoms with E-state index in [0.29, 0.717) is 17.0 Å². The van der Waals surface area contributed by atoms with E-state index in [1.54, 1.807) is 30.6 Å². The maximum Gasteiger partial charge on any atom is 0.291 e. The molecule has 5 rings (SSSR count). The first-order valence-electron chi connectivity index (χ1n) is 9.70. The third-order valence-corrected chi connectivity index (χ3v) is 5.81. The van der Waals surface area contributed by atoms with Crippen LogP contribution in [0.4, 0.5) is 5.69 Å². The first kappa shape index (κ1) is 19.1. The van der Waals surface area contributed by atoms with Crippen molar-refractivity contribution in [3.05, 3.63) is 90.0 Å². The molecule has 6 heteroatoms. The van der Waals surface area contributed by atoms with Crippen molar-refractivity contribution >= 4 is 33.9 Å². The molecular formula is C25H18N2O3S. The van der Waals surface area contributed by atoms with Crippen LogP contribution in [0.1, 0.15) is 10.6 Å². The molecule has 5 nitrogen and oxygen atoms in total. The quantitative estimate of drug-likeness (QED) is 0.349. The van der Waals surface area contributed by atoms with Gasteiger partial charge in [-0.15, -0.1) is 11.3 Å². The summed E-state index contributed by atoms with van der Waals surface area (Å²) in [7, 11) is 1.57. The number of nitrogens with zero attached hydrogens (tertiary/aromatic N) is 1. The van der Waals surface area contributed by atoms with Gasteiger partial charge < -0.3 is 14.5 Å². The minimum Gasteiger partial charge on any atom is -0.493 e. The first-order chi connectivity index (χ1) is 15.2. The Morgan fingerprint density at radius 1 is 0.968 bits per heavy atom. The van der Waals surface area contributed by atoms with E-state index in [1.165, 1.54) is 0 Å². The van der Waals surface area contributed by atoms with Crippen molar-refractivity contribution in [3.8, 4) is 27.6 Å². The largest absolute Gasteiger partial charge is 0.493 e. The predicted molar refractivity (Wildman–Crippen MR) is 124 cm³/mol. The number of methoxy groups -OCH3 is 1. The fourth-order valence-corrected chi connectivity index (χ4v) is 4.18. The number of amides is 1. The Kier molecular flexibility index (Phi) is 4.98. The lowest BCUT2D eigenvalue weighted by Gasteiger charge is -2.04. The van der Waals surface area contributed by atoms with E-state index >= 15 is 0 Å². The van der Waals surface area contributed by atoms with Crippen LogP contribution in [0.15, 0.2) is 88.7 Å². The molecule has 1 N–H and O–H groups in total. The van der Waals surface area contributed by atoms with Gasteiger partial charge in [0.2, 0.25) is 0 Å². The minimum atomic E-state index is -0.314. The average molecular weight is 426 g/mol. The predicted octanol–water partition coefficient (Wildman–Crippen LogP) is 6.48. The van der Waals surface area contributed by atoms with Gasteiger partial charge >= 0.3 is 0 Å². The highest BCUT2D eigenvalue weighted by Crippen LogP contribution is 2.30. The maximum atomic E-state index is 12.6. The van der Waals surface area contributed by atoms with Gasteiger partial charge in [-0.2, -0.15) is 0 Å². The lowest BCUT2D eigenvalue weighted by molar-refractivity contribution is 0.0998. The number of ether oxygens (including phenoxy) is 1. The molecule has 0 aliphatic heterocycles. The number of fused-ring (bicyclic) bond motifs is 1. The normalized spacial score (nSPS) is 10.9. The summed E-state index contributed by atoms with van der Waals surface area (Å²) in [5.74, 6) is 0.514. The number of carbonyl (C=O) groups is 1. The molecule has 1 amide bonds. The summed E-state index contributed by atoms with van der Waals surface area (Å²) < 4.78 is 11.0. The third-order valence-electron chi connectivity index (χ3n) is 4.92. The smallest absolute Gasteiger partial charge is 0.291 e. The van der Waals surface area contributed by atoms with Crippen LogP contribution in [0.25, 0.3) is 32.8 Å². The summed E-state index contributed by atoms with van der Waals surface area (Å²) in [6.07, 6.45) is 0. The molecule has 0 aliphatic carbocycles. The summed E-state index contributed by atoms with van der Waals surface area (Å²) in [5.41, 5.74) is 4.24.